The number of benzene rings is 1. The standard InChI is InChI=1S/C31H39F3N4O6/c1-5-19-23(16-39)38-15-25(19)42-27-21(35-20-12-11-18(14-22(20)36-27)44-31(32,33)34)10-8-6-7-9-17-13-24(17)43-29(41)37-26(28(38)40)30(2,3)4/h11-12,14,16-17,19,23-26H,5-10,13,15H2,1-4H3,(H,37,41)/t17-,19+,23-,24-,25+,26-/m1/s1. The highest BCUT2D eigenvalue weighted by Gasteiger charge is 2.49. The SMILES string of the molecule is CC[C@@H]1[C@@H]2CN(C(=O)[C@H](C(C)(C)C)NC(=O)O[C@@H]3C[C@H]3CCCCCc3nc4ccc(OC(F)(F)F)cc4nc3O2)[C@@H]1C=O. The summed E-state index contributed by atoms with van der Waals surface area (Å²) in [6.07, 6.45) is -0.398. The number of aryl methyl sites for hydroxylation is 1. The number of halogens is 3. The van der Waals surface area contributed by atoms with Gasteiger partial charge in [0.1, 0.15) is 36.0 Å². The summed E-state index contributed by atoms with van der Waals surface area (Å²) in [5.41, 5.74) is 0.416. The van der Waals surface area contributed by atoms with E-state index in [2.05, 4.69) is 15.0 Å². The molecule has 2 aromatic rings. The second kappa shape index (κ2) is 12.4. The Balaban J connectivity index is 1.51. The van der Waals surface area contributed by atoms with E-state index in [1.54, 1.807) is 0 Å². The zero-order chi connectivity index (χ0) is 31.8. The number of nitrogens with one attached hydrogen (secondary N) is 1. The minimum absolute atomic E-state index is 0.0468. The fourth-order valence-corrected chi connectivity index (χ4v) is 6.24. The number of ether oxygens (including phenoxy) is 3. The number of carbonyl (C=O) groups is 3. The van der Waals surface area contributed by atoms with Crippen molar-refractivity contribution in [2.45, 2.75) is 103 Å². The van der Waals surface area contributed by atoms with E-state index < -0.39 is 53.6 Å². The van der Waals surface area contributed by atoms with Crippen LogP contribution < -0.4 is 14.8 Å². The number of alkyl carbamates (subject to hydrolysis) is 1. The molecule has 2 aliphatic heterocycles. The molecule has 1 N–H and O–H groups in total. The van der Waals surface area contributed by atoms with Gasteiger partial charge in [-0.05, 0) is 55.6 Å². The maximum atomic E-state index is 14.0. The van der Waals surface area contributed by atoms with Crippen LogP contribution in [0, 0.1) is 17.3 Å². The fourth-order valence-electron chi connectivity index (χ4n) is 6.24. The molecule has 240 valence electrons. The molecule has 1 aliphatic carbocycles. The predicted molar refractivity (Wildman–Crippen MR) is 153 cm³/mol. The minimum Gasteiger partial charge on any atom is -0.471 e. The van der Waals surface area contributed by atoms with Crippen LogP contribution >= 0.6 is 0 Å². The molecule has 6 atom stereocenters. The van der Waals surface area contributed by atoms with Crippen molar-refractivity contribution in [2.24, 2.45) is 17.3 Å². The number of alkyl halides is 3. The van der Waals surface area contributed by atoms with E-state index in [1.807, 2.05) is 27.7 Å². The van der Waals surface area contributed by atoms with Gasteiger partial charge in [0, 0.05) is 12.0 Å². The molecule has 1 aromatic carbocycles. The minimum atomic E-state index is -4.87. The lowest BCUT2D eigenvalue weighted by Gasteiger charge is -2.34. The summed E-state index contributed by atoms with van der Waals surface area (Å²) < 4.78 is 54.8. The molecule has 13 heteroatoms. The number of aromatic nitrogens is 2. The Hall–Kier alpha value is -3.64. The summed E-state index contributed by atoms with van der Waals surface area (Å²) in [6.45, 7) is 7.41. The van der Waals surface area contributed by atoms with Crippen molar-refractivity contribution < 1.29 is 41.8 Å². The van der Waals surface area contributed by atoms with Crippen molar-refractivity contribution in [3.63, 3.8) is 0 Å². The third-order valence-electron chi connectivity index (χ3n) is 8.69. The monoisotopic (exact) mass is 620 g/mol. The van der Waals surface area contributed by atoms with Crippen LogP contribution in [-0.2, 0) is 20.7 Å². The second-order valence-electron chi connectivity index (χ2n) is 13.0. The Morgan fingerprint density at radius 2 is 1.84 bits per heavy atom. The quantitative estimate of drug-likeness (QED) is 0.456. The van der Waals surface area contributed by atoms with Gasteiger partial charge in [-0.25, -0.2) is 14.8 Å². The lowest BCUT2D eigenvalue weighted by atomic mass is 9.85. The molecule has 3 aliphatic rings. The van der Waals surface area contributed by atoms with Crippen LogP contribution in [-0.4, -0.2) is 70.4 Å². The molecule has 2 amide bonds. The maximum absolute atomic E-state index is 14.0. The van der Waals surface area contributed by atoms with Gasteiger partial charge in [-0.2, -0.15) is 0 Å². The molecule has 0 spiro atoms. The van der Waals surface area contributed by atoms with E-state index in [4.69, 9.17) is 14.5 Å². The molecule has 0 radical (unpaired) electrons. The van der Waals surface area contributed by atoms with Gasteiger partial charge >= 0.3 is 12.5 Å². The number of carbonyl (C=O) groups excluding carboxylic acids is 3. The van der Waals surface area contributed by atoms with E-state index in [9.17, 15) is 27.6 Å². The van der Waals surface area contributed by atoms with Crippen LogP contribution in [0.5, 0.6) is 11.6 Å². The van der Waals surface area contributed by atoms with Crippen LogP contribution in [0.15, 0.2) is 18.2 Å². The molecule has 3 heterocycles. The number of hydrogen-bond donors (Lipinski definition) is 1. The van der Waals surface area contributed by atoms with Gasteiger partial charge in [0.15, 0.2) is 0 Å². The highest BCUT2D eigenvalue weighted by Crippen LogP contribution is 2.39. The fraction of sp³-hybridized carbons (Fsp3) is 0.645. The zero-order valence-corrected chi connectivity index (χ0v) is 25.4. The zero-order valence-electron chi connectivity index (χ0n) is 25.4. The van der Waals surface area contributed by atoms with E-state index in [-0.39, 0.29) is 30.0 Å². The Labute approximate surface area is 254 Å². The van der Waals surface area contributed by atoms with E-state index in [1.165, 1.54) is 17.0 Å². The smallest absolute Gasteiger partial charge is 0.471 e. The van der Waals surface area contributed by atoms with Crippen LogP contribution in [0.1, 0.15) is 71.9 Å². The number of amides is 2. The van der Waals surface area contributed by atoms with Crippen molar-refractivity contribution in [3.8, 4) is 11.6 Å². The average molecular weight is 621 g/mol. The Morgan fingerprint density at radius 1 is 1.07 bits per heavy atom. The summed E-state index contributed by atoms with van der Waals surface area (Å²) in [7, 11) is 0. The normalized spacial score (nSPS) is 28.5. The van der Waals surface area contributed by atoms with Crippen molar-refractivity contribution in [3.05, 3.63) is 23.9 Å². The lowest BCUT2D eigenvalue weighted by Crippen LogP contribution is -2.56. The van der Waals surface area contributed by atoms with E-state index >= 15 is 0 Å². The molecule has 10 nitrogen and oxygen atoms in total. The highest BCUT2D eigenvalue weighted by atomic mass is 19.4. The van der Waals surface area contributed by atoms with Gasteiger partial charge in [0.25, 0.3) is 0 Å². The molecule has 0 unspecified atom stereocenters. The number of hydrogen-bond acceptors (Lipinski definition) is 8. The molecule has 1 saturated carbocycles. The molecular weight excluding hydrogens is 581 g/mol. The third kappa shape index (κ3) is 7.18. The summed E-state index contributed by atoms with van der Waals surface area (Å²) >= 11 is 0. The topological polar surface area (TPSA) is 120 Å². The van der Waals surface area contributed by atoms with Crippen molar-refractivity contribution in [1.29, 1.82) is 0 Å². The van der Waals surface area contributed by atoms with Gasteiger partial charge in [-0.15, -0.1) is 13.2 Å². The van der Waals surface area contributed by atoms with Crippen LogP contribution in [0.4, 0.5) is 18.0 Å². The summed E-state index contributed by atoms with van der Waals surface area (Å²) in [6, 6.07) is 1.99. The van der Waals surface area contributed by atoms with Crippen molar-refractivity contribution in [1.82, 2.24) is 20.2 Å². The Kier molecular flexibility index (Phi) is 8.95. The van der Waals surface area contributed by atoms with Crippen molar-refractivity contribution >= 4 is 29.3 Å². The van der Waals surface area contributed by atoms with Gasteiger partial charge < -0.3 is 29.2 Å². The molecule has 1 aromatic heterocycles. The van der Waals surface area contributed by atoms with Gasteiger partial charge in [-0.3, -0.25) is 4.79 Å². The number of fused-ring (bicyclic) bond motifs is 5. The highest BCUT2D eigenvalue weighted by molar-refractivity contribution is 5.89. The molecular formula is C31H39F3N4O6. The largest absolute Gasteiger partial charge is 0.573 e. The molecule has 44 heavy (non-hydrogen) atoms. The molecule has 1 saturated heterocycles. The summed E-state index contributed by atoms with van der Waals surface area (Å²) in [4.78, 5) is 50.0. The van der Waals surface area contributed by atoms with E-state index in [0.717, 1.165) is 44.5 Å². The lowest BCUT2D eigenvalue weighted by molar-refractivity contribution is -0.274. The first-order valence-corrected chi connectivity index (χ1v) is 15.2. The molecule has 2 fully saturated rings. The van der Waals surface area contributed by atoms with Crippen LogP contribution in [0.2, 0.25) is 0 Å². The number of rotatable bonds is 3. The first-order valence-electron chi connectivity index (χ1n) is 15.2. The second-order valence-corrected chi connectivity index (χ2v) is 13.0. The Morgan fingerprint density at radius 3 is 2.52 bits per heavy atom. The van der Waals surface area contributed by atoms with Crippen LogP contribution in [0.25, 0.3) is 11.0 Å². The average Bonchev–Trinajstić information content (AvgIpc) is 3.56. The molecule has 5 rings (SSSR count). The Bertz CT molecular complexity index is 1400. The number of aldehydes is 1. The van der Waals surface area contributed by atoms with E-state index in [0.29, 0.717) is 24.1 Å². The number of nitrogens with zero attached hydrogens (tertiary/aromatic N) is 3. The third-order valence-corrected chi connectivity index (χ3v) is 8.69. The van der Waals surface area contributed by atoms with Gasteiger partial charge in [0.05, 0.1) is 23.6 Å². The van der Waals surface area contributed by atoms with Gasteiger partial charge in [0.2, 0.25) is 11.8 Å². The summed E-state index contributed by atoms with van der Waals surface area (Å²) in [5.74, 6) is -0.837. The molecule has 2 bridgehead atoms. The predicted octanol–water partition coefficient (Wildman–Crippen LogP) is 5.36. The van der Waals surface area contributed by atoms with Gasteiger partial charge in [-0.1, -0.05) is 40.5 Å². The summed E-state index contributed by atoms with van der Waals surface area (Å²) in [5, 5.41) is 2.76. The first kappa shape index (κ1) is 31.8. The maximum Gasteiger partial charge on any atom is 0.573 e. The van der Waals surface area contributed by atoms with Crippen molar-refractivity contribution in [2.75, 3.05) is 6.54 Å². The first-order chi connectivity index (χ1) is 20.8. The van der Waals surface area contributed by atoms with Crippen LogP contribution in [0.3, 0.4) is 0 Å².